The maximum Gasteiger partial charge on any atom is 0.317 e. The molecule has 0 atom stereocenters. The molecule has 0 spiro atoms. The third-order valence-corrected chi connectivity index (χ3v) is 5.81. The van der Waals surface area contributed by atoms with Gasteiger partial charge in [0.1, 0.15) is 0 Å². The van der Waals surface area contributed by atoms with Gasteiger partial charge in [-0.25, -0.2) is 4.79 Å². The van der Waals surface area contributed by atoms with Crippen LogP contribution in [0.4, 0.5) is 4.79 Å². The minimum atomic E-state index is -0.114. The Morgan fingerprint density at radius 3 is 2.34 bits per heavy atom. The predicted octanol–water partition coefficient (Wildman–Crippen LogP) is 4.82. The van der Waals surface area contributed by atoms with Gasteiger partial charge >= 0.3 is 6.03 Å². The number of rotatable bonds is 7. The standard InChI is InChI=1S/C27H29N3O2/c1-29(19-21-12-14-25(15-13-21)24-9-3-2-4-10-24)27(32)28-18-22-7-5-8-23(17-22)20-30-16-6-11-26(30)31/h2-5,7-10,12-15,17H,6,11,16,18-20H2,1H3,(H,28,32). The Labute approximate surface area is 189 Å². The Balaban J connectivity index is 1.28. The summed E-state index contributed by atoms with van der Waals surface area (Å²) in [6.07, 6.45) is 1.59. The van der Waals surface area contributed by atoms with E-state index in [1.165, 1.54) is 5.56 Å². The van der Waals surface area contributed by atoms with Gasteiger partial charge in [-0.15, -0.1) is 0 Å². The highest BCUT2D eigenvalue weighted by Gasteiger charge is 2.20. The Hall–Kier alpha value is -3.60. The van der Waals surface area contributed by atoms with Crippen molar-refractivity contribution in [2.45, 2.75) is 32.5 Å². The number of carbonyl (C=O) groups excluding carboxylic acids is 2. The molecule has 0 aliphatic carbocycles. The zero-order valence-corrected chi connectivity index (χ0v) is 18.5. The maximum absolute atomic E-state index is 12.6. The molecule has 0 bridgehead atoms. The molecule has 1 aliphatic rings. The van der Waals surface area contributed by atoms with Crippen LogP contribution in [-0.4, -0.2) is 35.3 Å². The van der Waals surface area contributed by atoms with Gasteiger partial charge in [0.05, 0.1) is 0 Å². The van der Waals surface area contributed by atoms with Gasteiger partial charge in [0.2, 0.25) is 5.91 Å². The fourth-order valence-electron chi connectivity index (χ4n) is 4.02. The fourth-order valence-corrected chi connectivity index (χ4v) is 4.02. The van der Waals surface area contributed by atoms with Gasteiger partial charge in [-0.3, -0.25) is 4.79 Å². The minimum Gasteiger partial charge on any atom is -0.338 e. The Morgan fingerprint density at radius 1 is 0.906 bits per heavy atom. The first-order chi connectivity index (χ1) is 15.6. The molecular formula is C27H29N3O2. The van der Waals surface area contributed by atoms with Crippen molar-refractivity contribution in [3.8, 4) is 11.1 Å². The van der Waals surface area contributed by atoms with E-state index in [1.807, 2.05) is 41.3 Å². The van der Waals surface area contributed by atoms with Gasteiger partial charge in [0.15, 0.2) is 0 Å². The van der Waals surface area contributed by atoms with Gasteiger partial charge in [-0.1, -0.05) is 78.9 Å². The summed E-state index contributed by atoms with van der Waals surface area (Å²) in [6.45, 7) is 2.46. The second-order valence-corrected chi connectivity index (χ2v) is 8.32. The number of urea groups is 1. The fraction of sp³-hybridized carbons (Fsp3) is 0.259. The molecule has 1 fully saturated rings. The normalized spacial score (nSPS) is 13.3. The van der Waals surface area contributed by atoms with E-state index in [0.29, 0.717) is 26.1 Å². The molecule has 1 aliphatic heterocycles. The number of amides is 3. The summed E-state index contributed by atoms with van der Waals surface area (Å²) in [5, 5.41) is 2.99. The molecule has 5 nitrogen and oxygen atoms in total. The third kappa shape index (κ3) is 5.55. The number of likely N-dealkylation sites (tertiary alicyclic amines) is 1. The van der Waals surface area contributed by atoms with E-state index in [1.54, 1.807) is 11.9 Å². The molecule has 1 saturated heterocycles. The lowest BCUT2D eigenvalue weighted by molar-refractivity contribution is -0.128. The van der Waals surface area contributed by atoms with Gasteiger partial charge in [0, 0.05) is 39.6 Å². The maximum atomic E-state index is 12.6. The first-order valence-corrected chi connectivity index (χ1v) is 11.1. The van der Waals surface area contributed by atoms with Gasteiger partial charge in [-0.05, 0) is 34.2 Å². The molecule has 3 aromatic carbocycles. The van der Waals surface area contributed by atoms with Crippen molar-refractivity contribution < 1.29 is 9.59 Å². The lowest BCUT2D eigenvalue weighted by atomic mass is 10.0. The monoisotopic (exact) mass is 427 g/mol. The number of benzene rings is 3. The van der Waals surface area contributed by atoms with E-state index < -0.39 is 0 Å². The molecule has 3 aromatic rings. The third-order valence-electron chi connectivity index (χ3n) is 5.81. The van der Waals surface area contributed by atoms with E-state index in [4.69, 9.17) is 0 Å². The lowest BCUT2D eigenvalue weighted by Crippen LogP contribution is -2.36. The molecular weight excluding hydrogens is 398 g/mol. The second-order valence-electron chi connectivity index (χ2n) is 8.32. The summed E-state index contributed by atoms with van der Waals surface area (Å²) in [5.74, 6) is 0.224. The molecule has 1 N–H and O–H groups in total. The van der Waals surface area contributed by atoms with Crippen LogP contribution < -0.4 is 5.32 Å². The first kappa shape index (κ1) is 21.6. The van der Waals surface area contributed by atoms with Crippen LogP contribution in [0.5, 0.6) is 0 Å². The number of nitrogens with one attached hydrogen (secondary N) is 1. The predicted molar refractivity (Wildman–Crippen MR) is 127 cm³/mol. The Bertz CT molecular complexity index is 1060. The summed E-state index contributed by atoms with van der Waals surface area (Å²) in [6, 6.07) is 26.5. The quantitative estimate of drug-likeness (QED) is 0.588. The average molecular weight is 428 g/mol. The van der Waals surface area contributed by atoms with Crippen LogP contribution >= 0.6 is 0 Å². The summed E-state index contributed by atoms with van der Waals surface area (Å²) < 4.78 is 0. The van der Waals surface area contributed by atoms with Crippen LogP contribution in [0.25, 0.3) is 11.1 Å². The molecule has 1 heterocycles. The zero-order chi connectivity index (χ0) is 22.3. The van der Waals surface area contributed by atoms with Gasteiger partial charge in [0.25, 0.3) is 0 Å². The molecule has 32 heavy (non-hydrogen) atoms. The highest BCUT2D eigenvalue weighted by atomic mass is 16.2. The first-order valence-electron chi connectivity index (χ1n) is 11.1. The molecule has 4 rings (SSSR count). The van der Waals surface area contributed by atoms with Gasteiger partial charge < -0.3 is 15.1 Å². The van der Waals surface area contributed by atoms with Gasteiger partial charge in [-0.2, -0.15) is 0 Å². The van der Waals surface area contributed by atoms with Crippen LogP contribution in [0, 0.1) is 0 Å². The van der Waals surface area contributed by atoms with Crippen LogP contribution in [0.1, 0.15) is 29.5 Å². The number of carbonyl (C=O) groups is 2. The Kier molecular flexibility index (Phi) is 6.85. The lowest BCUT2D eigenvalue weighted by Gasteiger charge is -2.19. The topological polar surface area (TPSA) is 52.7 Å². The Morgan fingerprint density at radius 2 is 1.62 bits per heavy atom. The minimum absolute atomic E-state index is 0.114. The highest BCUT2D eigenvalue weighted by Crippen LogP contribution is 2.20. The highest BCUT2D eigenvalue weighted by molar-refractivity contribution is 5.78. The summed E-state index contributed by atoms with van der Waals surface area (Å²) in [7, 11) is 1.80. The van der Waals surface area contributed by atoms with E-state index >= 15 is 0 Å². The smallest absolute Gasteiger partial charge is 0.317 e. The molecule has 0 aromatic heterocycles. The van der Waals surface area contributed by atoms with Crippen molar-refractivity contribution in [3.05, 3.63) is 95.6 Å². The van der Waals surface area contributed by atoms with E-state index in [2.05, 4.69) is 47.8 Å². The number of hydrogen-bond acceptors (Lipinski definition) is 2. The van der Waals surface area contributed by atoms with E-state index in [-0.39, 0.29) is 11.9 Å². The van der Waals surface area contributed by atoms with Crippen LogP contribution in [0.3, 0.4) is 0 Å². The van der Waals surface area contributed by atoms with E-state index in [0.717, 1.165) is 35.2 Å². The van der Waals surface area contributed by atoms with Crippen molar-refractivity contribution in [3.63, 3.8) is 0 Å². The van der Waals surface area contributed by atoms with Crippen molar-refractivity contribution in [2.75, 3.05) is 13.6 Å². The molecule has 0 radical (unpaired) electrons. The second kappa shape index (κ2) is 10.1. The average Bonchev–Trinajstić information content (AvgIpc) is 3.23. The molecule has 3 amide bonds. The summed E-state index contributed by atoms with van der Waals surface area (Å²) in [5.41, 5.74) is 5.56. The van der Waals surface area contributed by atoms with Crippen molar-refractivity contribution in [2.24, 2.45) is 0 Å². The molecule has 164 valence electrons. The summed E-state index contributed by atoms with van der Waals surface area (Å²) >= 11 is 0. The van der Waals surface area contributed by atoms with Crippen molar-refractivity contribution in [1.82, 2.24) is 15.1 Å². The van der Waals surface area contributed by atoms with Crippen molar-refractivity contribution >= 4 is 11.9 Å². The van der Waals surface area contributed by atoms with Crippen LogP contribution in [0.15, 0.2) is 78.9 Å². The molecule has 5 heteroatoms. The van der Waals surface area contributed by atoms with E-state index in [9.17, 15) is 9.59 Å². The zero-order valence-electron chi connectivity index (χ0n) is 18.5. The van der Waals surface area contributed by atoms with Crippen LogP contribution in [-0.2, 0) is 24.4 Å². The largest absolute Gasteiger partial charge is 0.338 e. The number of hydrogen-bond donors (Lipinski definition) is 1. The van der Waals surface area contributed by atoms with Crippen molar-refractivity contribution in [1.29, 1.82) is 0 Å². The number of nitrogens with zero attached hydrogens (tertiary/aromatic N) is 2. The molecule has 0 unspecified atom stereocenters. The summed E-state index contributed by atoms with van der Waals surface area (Å²) in [4.78, 5) is 28.0. The van der Waals surface area contributed by atoms with Crippen LogP contribution in [0.2, 0.25) is 0 Å². The SMILES string of the molecule is CN(Cc1ccc(-c2ccccc2)cc1)C(=O)NCc1cccc(CN2CCCC2=O)c1. The molecule has 0 saturated carbocycles.